The van der Waals surface area contributed by atoms with E-state index in [0.29, 0.717) is 0 Å². The molecular weight excluding hydrogens is 302 g/mol. The molecule has 0 rings (SSSR count). The van der Waals surface area contributed by atoms with Gasteiger partial charge in [0, 0.05) is 0 Å². The van der Waals surface area contributed by atoms with E-state index in [-0.39, 0.29) is 0 Å². The van der Waals surface area contributed by atoms with Crippen LogP contribution in [-0.2, 0) is 32.4 Å². The average molecular weight is 302 g/mol. The molecule has 0 aromatic rings. The zero-order chi connectivity index (χ0) is 7.33. The van der Waals surface area contributed by atoms with Crippen molar-refractivity contribution >= 4 is 17.7 Å². The fraction of sp³-hybridized carbons (Fsp3) is 0. The summed E-state index contributed by atoms with van der Waals surface area (Å²) in [5.41, 5.74) is 0. The van der Waals surface area contributed by atoms with E-state index in [4.69, 9.17) is 0 Å². The van der Waals surface area contributed by atoms with Crippen LogP contribution in [0.3, 0.4) is 0 Å². The van der Waals surface area contributed by atoms with Crippen molar-refractivity contribution in [2.45, 2.75) is 0 Å². The fourth-order valence-corrected chi connectivity index (χ4v) is 0.723. The molecule has 0 aliphatic carbocycles. The predicted octanol–water partition coefficient (Wildman–Crippen LogP) is -1.59. The Morgan fingerprint density at radius 2 is 0.889 bits per heavy atom. The van der Waals surface area contributed by atoms with Gasteiger partial charge in [0.1, 0.15) is 0 Å². The van der Waals surface area contributed by atoms with Gasteiger partial charge in [0.15, 0.2) is 0 Å². The molecule has 48 valence electrons. The minimum atomic E-state index is -4.46. The van der Waals surface area contributed by atoms with Crippen LogP contribution in [0.2, 0.25) is 0 Å². The normalized spacial score (nSPS) is 8.00. The fourth-order valence-electron chi connectivity index (χ4n) is 0.0884. The van der Waals surface area contributed by atoms with Crippen molar-refractivity contribution < 1.29 is 32.4 Å². The van der Waals surface area contributed by atoms with E-state index in [1.54, 1.807) is 0 Å². The Kier molecular flexibility index (Phi) is 2.72. The van der Waals surface area contributed by atoms with Crippen LogP contribution in [0.4, 0.5) is 0 Å². The zero-order valence-corrected chi connectivity index (χ0v) is 6.53. The Hall–Kier alpha value is -1.04. The maximum absolute atomic E-state index is 9.69. The molecular formula is C4O4Os. The van der Waals surface area contributed by atoms with Crippen LogP contribution in [0.5, 0.6) is 0 Å². The summed E-state index contributed by atoms with van der Waals surface area (Å²) in [7, 11) is 0. The van der Waals surface area contributed by atoms with Gasteiger partial charge in [-0.1, -0.05) is 0 Å². The van der Waals surface area contributed by atoms with Crippen molar-refractivity contribution in [3.05, 3.63) is 0 Å². The first-order valence-electron chi connectivity index (χ1n) is 1.52. The third-order valence-electron chi connectivity index (χ3n) is 0.433. The van der Waals surface area contributed by atoms with Crippen molar-refractivity contribution in [2.75, 3.05) is 0 Å². The second-order valence-electron chi connectivity index (χ2n) is 0.819. The van der Waals surface area contributed by atoms with E-state index in [2.05, 4.69) is 0 Å². The molecule has 0 aliphatic heterocycles. The van der Waals surface area contributed by atoms with Crippen LogP contribution in [-0.4, -0.2) is 17.7 Å². The molecule has 0 aliphatic rings. The van der Waals surface area contributed by atoms with Gasteiger partial charge in [-0.2, -0.15) is 0 Å². The van der Waals surface area contributed by atoms with Gasteiger partial charge in [-0.25, -0.2) is 0 Å². The predicted molar refractivity (Wildman–Crippen MR) is 22.8 cm³/mol. The summed E-state index contributed by atoms with van der Waals surface area (Å²) in [5.74, 6) is 0. The first-order valence-corrected chi connectivity index (χ1v) is 6.60. The van der Waals surface area contributed by atoms with Gasteiger partial charge < -0.3 is 0 Å². The van der Waals surface area contributed by atoms with Crippen molar-refractivity contribution in [1.82, 2.24) is 0 Å². The molecule has 0 saturated heterocycles. The van der Waals surface area contributed by atoms with Crippen molar-refractivity contribution in [3.63, 3.8) is 0 Å². The maximum atomic E-state index is 9.69. The van der Waals surface area contributed by atoms with E-state index in [1.165, 1.54) is 0 Å². The topological polar surface area (TPSA) is 68.3 Å². The molecule has 0 heterocycles. The van der Waals surface area contributed by atoms with Crippen molar-refractivity contribution in [1.29, 1.82) is 0 Å². The summed E-state index contributed by atoms with van der Waals surface area (Å²) in [6, 6.07) is 0. The molecule has 0 saturated carbocycles. The summed E-state index contributed by atoms with van der Waals surface area (Å²) in [6.45, 7) is 0. The molecule has 0 amide bonds. The molecule has 0 radical (unpaired) electrons. The van der Waals surface area contributed by atoms with Crippen LogP contribution in [0.1, 0.15) is 0 Å². The van der Waals surface area contributed by atoms with Gasteiger partial charge in [0.25, 0.3) is 0 Å². The third-order valence-corrected chi connectivity index (χ3v) is 3.54. The molecule has 4 nitrogen and oxygen atoms in total. The summed E-state index contributed by atoms with van der Waals surface area (Å²) < 4.78 is 4.15. The summed E-state index contributed by atoms with van der Waals surface area (Å²) >= 11 is -4.46. The second kappa shape index (κ2) is 3.08. The molecule has 5 heteroatoms. The van der Waals surface area contributed by atoms with E-state index in [1.807, 2.05) is 0 Å². The minimum absolute atomic E-state index is 1.04. The van der Waals surface area contributed by atoms with Gasteiger partial charge in [0.2, 0.25) is 0 Å². The third kappa shape index (κ3) is 1.42. The molecule has 0 fully saturated rings. The van der Waals surface area contributed by atoms with Crippen LogP contribution >= 0.6 is 0 Å². The first-order chi connectivity index (χ1) is 4.24. The Bertz CT molecular complexity index is 359. The molecule has 0 bridgehead atoms. The van der Waals surface area contributed by atoms with E-state index in [0.717, 1.165) is 17.7 Å². The summed E-state index contributed by atoms with van der Waals surface area (Å²) in [4.78, 5) is 38.8. The zero-order valence-electron chi connectivity index (χ0n) is 3.99. The van der Waals surface area contributed by atoms with E-state index in [9.17, 15) is 19.2 Å². The number of hydrogen-bond donors (Lipinski definition) is 0. The number of rotatable bonds is 0. The van der Waals surface area contributed by atoms with Gasteiger partial charge in [-0.3, -0.25) is 0 Å². The number of hydrogen-bond acceptors (Lipinski definition) is 4. The molecule has 0 N–H and O–H groups in total. The molecule has 0 aromatic heterocycles. The van der Waals surface area contributed by atoms with Gasteiger partial charge in [-0.15, -0.1) is 0 Å². The Morgan fingerprint density at radius 3 is 0.889 bits per heavy atom. The van der Waals surface area contributed by atoms with Crippen molar-refractivity contribution in [3.8, 4) is 0 Å². The Balaban J connectivity index is 7.65. The standard InChI is InChI=1S/4CO.Os/c4*1-2;. The first kappa shape index (κ1) is 7.96. The van der Waals surface area contributed by atoms with Crippen LogP contribution < -0.4 is 0 Å². The van der Waals surface area contributed by atoms with Gasteiger partial charge >= 0.3 is 50.1 Å². The molecule has 9 heavy (non-hydrogen) atoms. The average Bonchev–Trinajstić information content (AvgIpc) is 1.95. The Labute approximate surface area is 50.7 Å². The molecule has 0 unspecified atom stereocenters. The Morgan fingerprint density at radius 1 is 0.667 bits per heavy atom. The van der Waals surface area contributed by atoms with Crippen LogP contribution in [0.15, 0.2) is 0 Å². The van der Waals surface area contributed by atoms with E-state index < -0.39 is 13.2 Å². The van der Waals surface area contributed by atoms with Gasteiger partial charge in [-0.05, 0) is 0 Å². The van der Waals surface area contributed by atoms with Crippen LogP contribution in [0, 0.1) is 0 Å². The van der Waals surface area contributed by atoms with Crippen LogP contribution in [0.25, 0.3) is 0 Å². The number of carbonyl (C=O) groups excluding carboxylic acids is 4. The van der Waals surface area contributed by atoms with Gasteiger partial charge in [0.05, 0.1) is 0 Å². The summed E-state index contributed by atoms with van der Waals surface area (Å²) in [5, 5.41) is 0. The second-order valence-corrected chi connectivity index (χ2v) is 6.70. The monoisotopic (exact) mass is 304 g/mol. The summed E-state index contributed by atoms with van der Waals surface area (Å²) in [6.07, 6.45) is 0. The molecule has 0 spiro atoms. The quantitative estimate of drug-likeness (QED) is 0.541. The van der Waals surface area contributed by atoms with Crippen molar-refractivity contribution in [2.24, 2.45) is 0 Å². The molecule has 0 atom stereocenters. The molecule has 0 aromatic carbocycles. The SMILES string of the molecule is O=[C]=[Os](=[C]=O)(=[C]=O)=[C]=O. The van der Waals surface area contributed by atoms with E-state index >= 15 is 0 Å².